The highest BCUT2D eigenvalue weighted by Crippen LogP contribution is 2.33. The summed E-state index contributed by atoms with van der Waals surface area (Å²) in [6.45, 7) is 1.92. The topological polar surface area (TPSA) is 53.7 Å². The van der Waals surface area contributed by atoms with Gasteiger partial charge in [-0.25, -0.2) is 0 Å². The second-order valence-electron chi connectivity index (χ2n) is 3.17. The van der Waals surface area contributed by atoms with Gasteiger partial charge in [-0.1, -0.05) is 0 Å². The van der Waals surface area contributed by atoms with Gasteiger partial charge in [0.2, 0.25) is 0 Å². The van der Waals surface area contributed by atoms with Gasteiger partial charge in [0.1, 0.15) is 17.7 Å². The predicted octanol–water partition coefficient (Wildman–Crippen LogP) is 1.62. The first-order valence-corrected chi connectivity index (χ1v) is 4.65. The molecule has 15 heavy (non-hydrogen) atoms. The molecule has 84 valence electrons. The van der Waals surface area contributed by atoms with E-state index in [4.69, 9.17) is 19.9 Å². The van der Waals surface area contributed by atoms with E-state index in [-0.39, 0.29) is 0 Å². The minimum Gasteiger partial charge on any atom is -0.496 e. The number of methoxy groups -OCH3 is 3. The van der Waals surface area contributed by atoms with Crippen molar-refractivity contribution in [2.45, 2.75) is 13.2 Å². The molecule has 0 fully saturated rings. The van der Waals surface area contributed by atoms with Crippen LogP contribution >= 0.6 is 0 Å². The van der Waals surface area contributed by atoms with Gasteiger partial charge in [-0.15, -0.1) is 0 Å². The van der Waals surface area contributed by atoms with Crippen LogP contribution in [-0.4, -0.2) is 21.3 Å². The van der Waals surface area contributed by atoms with Crippen LogP contribution in [0.15, 0.2) is 12.1 Å². The van der Waals surface area contributed by atoms with Crippen LogP contribution in [0, 0.1) is 6.92 Å². The van der Waals surface area contributed by atoms with Crippen LogP contribution in [0.3, 0.4) is 0 Å². The van der Waals surface area contributed by atoms with Crippen molar-refractivity contribution in [3.05, 3.63) is 23.3 Å². The normalized spacial score (nSPS) is 12.3. The fourth-order valence-electron chi connectivity index (χ4n) is 1.54. The Labute approximate surface area is 89.9 Å². The van der Waals surface area contributed by atoms with E-state index in [1.807, 2.05) is 19.1 Å². The molecule has 0 saturated heterocycles. The van der Waals surface area contributed by atoms with E-state index < -0.39 is 6.23 Å². The summed E-state index contributed by atoms with van der Waals surface area (Å²) in [5.74, 6) is 1.49. The Balaban J connectivity index is 3.24. The average Bonchev–Trinajstić information content (AvgIpc) is 2.27. The Bertz CT molecular complexity index is 339. The first kappa shape index (κ1) is 11.8. The van der Waals surface area contributed by atoms with E-state index >= 15 is 0 Å². The molecule has 0 heterocycles. The zero-order valence-corrected chi connectivity index (χ0v) is 9.53. The van der Waals surface area contributed by atoms with Crippen LogP contribution in [0.1, 0.15) is 17.4 Å². The van der Waals surface area contributed by atoms with Gasteiger partial charge in [-0.3, -0.25) is 0 Å². The lowest BCUT2D eigenvalue weighted by Gasteiger charge is -2.17. The third kappa shape index (κ3) is 2.22. The van der Waals surface area contributed by atoms with Crippen LogP contribution < -0.4 is 15.2 Å². The van der Waals surface area contributed by atoms with E-state index in [2.05, 4.69) is 0 Å². The average molecular weight is 211 g/mol. The number of ether oxygens (including phenoxy) is 3. The zero-order chi connectivity index (χ0) is 11.4. The standard InChI is InChI=1S/C11H17NO3/c1-7-9(13-2)6-5-8(10(7)14-3)11(12)15-4/h5-6,11H,12H2,1-4H3. The molecule has 4 nitrogen and oxygen atoms in total. The molecule has 1 atom stereocenters. The molecule has 0 radical (unpaired) electrons. The molecule has 2 N–H and O–H groups in total. The molecule has 0 amide bonds. The summed E-state index contributed by atoms with van der Waals surface area (Å²) in [6.07, 6.45) is -0.482. The van der Waals surface area contributed by atoms with Crippen molar-refractivity contribution in [2.75, 3.05) is 21.3 Å². The van der Waals surface area contributed by atoms with Crippen molar-refractivity contribution in [3.63, 3.8) is 0 Å². The second-order valence-corrected chi connectivity index (χ2v) is 3.17. The summed E-state index contributed by atoms with van der Waals surface area (Å²) in [4.78, 5) is 0. The molecule has 0 aromatic heterocycles. The molecule has 1 aromatic carbocycles. The highest BCUT2D eigenvalue weighted by molar-refractivity contribution is 5.49. The van der Waals surface area contributed by atoms with Crippen molar-refractivity contribution in [3.8, 4) is 11.5 Å². The van der Waals surface area contributed by atoms with Crippen molar-refractivity contribution >= 4 is 0 Å². The Morgan fingerprint density at radius 1 is 1.13 bits per heavy atom. The maximum atomic E-state index is 5.79. The lowest BCUT2D eigenvalue weighted by molar-refractivity contribution is 0.106. The van der Waals surface area contributed by atoms with Crippen molar-refractivity contribution in [1.82, 2.24) is 0 Å². The van der Waals surface area contributed by atoms with Gasteiger partial charge in [0, 0.05) is 18.2 Å². The first-order chi connectivity index (χ1) is 7.15. The van der Waals surface area contributed by atoms with Gasteiger partial charge in [0.15, 0.2) is 0 Å². The molecule has 0 aliphatic carbocycles. The summed E-state index contributed by atoms with van der Waals surface area (Å²) in [5.41, 5.74) is 7.53. The van der Waals surface area contributed by atoms with Gasteiger partial charge in [0.25, 0.3) is 0 Å². The molecule has 4 heteroatoms. The van der Waals surface area contributed by atoms with Gasteiger partial charge in [-0.05, 0) is 19.1 Å². The van der Waals surface area contributed by atoms with Gasteiger partial charge in [-0.2, -0.15) is 0 Å². The number of hydrogen-bond donors (Lipinski definition) is 1. The predicted molar refractivity (Wildman–Crippen MR) is 58.2 cm³/mol. The van der Waals surface area contributed by atoms with E-state index in [0.29, 0.717) is 5.75 Å². The summed E-state index contributed by atoms with van der Waals surface area (Å²) >= 11 is 0. The van der Waals surface area contributed by atoms with Crippen molar-refractivity contribution in [2.24, 2.45) is 5.73 Å². The number of benzene rings is 1. The summed E-state index contributed by atoms with van der Waals surface area (Å²) in [5, 5.41) is 0. The monoisotopic (exact) mass is 211 g/mol. The van der Waals surface area contributed by atoms with Crippen LogP contribution in [0.4, 0.5) is 0 Å². The molecular formula is C11H17NO3. The first-order valence-electron chi connectivity index (χ1n) is 4.65. The molecule has 1 rings (SSSR count). The number of rotatable bonds is 4. The van der Waals surface area contributed by atoms with E-state index in [9.17, 15) is 0 Å². The summed E-state index contributed by atoms with van der Waals surface area (Å²) < 4.78 is 15.6. The molecule has 0 aliphatic heterocycles. The van der Waals surface area contributed by atoms with E-state index in [1.54, 1.807) is 21.3 Å². The maximum absolute atomic E-state index is 5.79. The largest absolute Gasteiger partial charge is 0.496 e. The Hall–Kier alpha value is -1.26. The minimum absolute atomic E-state index is 0.482. The van der Waals surface area contributed by atoms with Crippen LogP contribution in [0.2, 0.25) is 0 Å². The molecule has 1 aromatic rings. The number of nitrogens with two attached hydrogens (primary N) is 1. The molecule has 0 aliphatic rings. The highest BCUT2D eigenvalue weighted by Gasteiger charge is 2.15. The zero-order valence-electron chi connectivity index (χ0n) is 9.53. The second kappa shape index (κ2) is 5.00. The number of hydrogen-bond acceptors (Lipinski definition) is 4. The SMILES string of the molecule is COc1ccc(C(N)OC)c(OC)c1C. The van der Waals surface area contributed by atoms with Crippen LogP contribution in [0.25, 0.3) is 0 Å². The lowest BCUT2D eigenvalue weighted by atomic mass is 10.1. The van der Waals surface area contributed by atoms with Crippen molar-refractivity contribution < 1.29 is 14.2 Å². The Morgan fingerprint density at radius 2 is 1.80 bits per heavy atom. The van der Waals surface area contributed by atoms with Crippen LogP contribution in [0.5, 0.6) is 11.5 Å². The third-order valence-electron chi connectivity index (χ3n) is 2.37. The smallest absolute Gasteiger partial charge is 0.135 e. The fourth-order valence-corrected chi connectivity index (χ4v) is 1.54. The Morgan fingerprint density at radius 3 is 2.27 bits per heavy atom. The van der Waals surface area contributed by atoms with Gasteiger partial charge in [0.05, 0.1) is 14.2 Å². The van der Waals surface area contributed by atoms with E-state index in [1.165, 1.54) is 0 Å². The lowest BCUT2D eigenvalue weighted by Crippen LogP contribution is -2.14. The highest BCUT2D eigenvalue weighted by atomic mass is 16.5. The molecule has 0 bridgehead atoms. The van der Waals surface area contributed by atoms with E-state index in [0.717, 1.165) is 16.9 Å². The van der Waals surface area contributed by atoms with Gasteiger partial charge < -0.3 is 19.9 Å². The molecule has 0 spiro atoms. The third-order valence-corrected chi connectivity index (χ3v) is 2.37. The Kier molecular flexibility index (Phi) is 3.94. The quantitative estimate of drug-likeness (QED) is 0.769. The fraction of sp³-hybridized carbons (Fsp3) is 0.455. The maximum Gasteiger partial charge on any atom is 0.135 e. The minimum atomic E-state index is -0.482. The molecular weight excluding hydrogens is 194 g/mol. The summed E-state index contributed by atoms with van der Waals surface area (Å²) in [7, 11) is 4.79. The summed E-state index contributed by atoms with van der Waals surface area (Å²) in [6, 6.07) is 3.70. The molecule has 0 saturated carbocycles. The van der Waals surface area contributed by atoms with Gasteiger partial charge >= 0.3 is 0 Å². The molecule has 1 unspecified atom stereocenters. The van der Waals surface area contributed by atoms with Crippen LogP contribution in [-0.2, 0) is 4.74 Å². The van der Waals surface area contributed by atoms with Crippen molar-refractivity contribution in [1.29, 1.82) is 0 Å².